The minimum Gasteiger partial charge on any atom is -0.309 e. The third-order valence-electron chi connectivity index (χ3n) is 3.90. The normalized spacial score (nSPS) is 19.6. The van der Waals surface area contributed by atoms with Crippen molar-refractivity contribution in [2.24, 2.45) is 0 Å². The summed E-state index contributed by atoms with van der Waals surface area (Å²) in [5.74, 6) is 0.633. The maximum absolute atomic E-state index is 13.9. The molecule has 0 unspecified atom stereocenters. The predicted octanol–water partition coefficient (Wildman–Crippen LogP) is 4.17. The zero-order valence-corrected chi connectivity index (χ0v) is 11.0. The molecule has 2 aliphatic rings. The molecule has 0 atom stereocenters. The number of halogens is 1. The highest BCUT2D eigenvalue weighted by Gasteiger charge is 2.30. The molecule has 1 nitrogen and oxygen atoms in total. The Morgan fingerprint density at radius 3 is 2.78 bits per heavy atom. The number of fused-ring (bicyclic) bond motifs is 1. The van der Waals surface area contributed by atoms with Gasteiger partial charge in [-0.15, -0.1) is 11.3 Å². The van der Waals surface area contributed by atoms with E-state index in [-0.39, 0.29) is 5.82 Å². The zero-order chi connectivity index (χ0) is 12.1. The monoisotopic (exact) mass is 261 g/mol. The third-order valence-corrected chi connectivity index (χ3v) is 5.13. The molecular formula is C15H16FNS. The molecule has 2 fully saturated rings. The van der Waals surface area contributed by atoms with Crippen LogP contribution in [0.3, 0.4) is 0 Å². The van der Waals surface area contributed by atoms with E-state index in [2.05, 4.69) is 11.4 Å². The molecule has 0 radical (unpaired) electrons. The van der Waals surface area contributed by atoms with Crippen LogP contribution in [0.5, 0.6) is 0 Å². The highest BCUT2D eigenvalue weighted by Crippen LogP contribution is 2.48. The fourth-order valence-electron chi connectivity index (χ4n) is 2.63. The van der Waals surface area contributed by atoms with Gasteiger partial charge in [0.15, 0.2) is 0 Å². The summed E-state index contributed by atoms with van der Waals surface area (Å²) in [6, 6.07) is 6.22. The Hall–Kier alpha value is -0.930. The van der Waals surface area contributed by atoms with Gasteiger partial charge in [-0.25, -0.2) is 4.39 Å². The van der Waals surface area contributed by atoms with Crippen molar-refractivity contribution in [1.82, 2.24) is 5.32 Å². The highest BCUT2D eigenvalue weighted by atomic mass is 32.1. The van der Waals surface area contributed by atoms with Crippen molar-refractivity contribution in [3.63, 3.8) is 0 Å². The molecule has 2 aromatic rings. The minimum absolute atomic E-state index is 0.0583. The molecule has 1 aromatic heterocycles. The first kappa shape index (κ1) is 10.9. The van der Waals surface area contributed by atoms with Gasteiger partial charge >= 0.3 is 0 Å². The predicted molar refractivity (Wildman–Crippen MR) is 73.6 cm³/mol. The van der Waals surface area contributed by atoms with Crippen molar-refractivity contribution in [2.45, 2.75) is 44.2 Å². The number of hydrogen-bond acceptors (Lipinski definition) is 2. The lowest BCUT2D eigenvalue weighted by Crippen LogP contribution is -2.15. The van der Waals surface area contributed by atoms with E-state index in [9.17, 15) is 4.39 Å². The summed E-state index contributed by atoms with van der Waals surface area (Å²) in [5, 5.41) is 4.73. The Bertz CT molecular complexity index is 596. The second kappa shape index (κ2) is 4.04. The summed E-state index contributed by atoms with van der Waals surface area (Å²) in [5.41, 5.74) is 1.43. The van der Waals surface area contributed by atoms with Crippen molar-refractivity contribution in [3.8, 4) is 0 Å². The summed E-state index contributed by atoms with van der Waals surface area (Å²) in [6.07, 6.45) is 5.16. The van der Waals surface area contributed by atoms with E-state index in [0.29, 0.717) is 12.0 Å². The molecule has 0 bridgehead atoms. The molecule has 0 saturated heterocycles. The Labute approximate surface area is 110 Å². The summed E-state index contributed by atoms with van der Waals surface area (Å²) in [4.78, 5) is 1.37. The molecule has 0 amide bonds. The molecule has 0 spiro atoms. The molecular weight excluding hydrogens is 245 g/mol. The molecule has 1 heterocycles. The van der Waals surface area contributed by atoms with E-state index >= 15 is 0 Å². The second-order valence-electron chi connectivity index (χ2n) is 5.48. The van der Waals surface area contributed by atoms with Crippen LogP contribution in [0.2, 0.25) is 0 Å². The number of benzene rings is 1. The molecule has 1 N–H and O–H groups in total. The summed E-state index contributed by atoms with van der Waals surface area (Å²) >= 11 is 1.65. The van der Waals surface area contributed by atoms with Crippen molar-refractivity contribution in [2.75, 3.05) is 0 Å². The lowest BCUT2D eigenvalue weighted by atomic mass is 10.1. The van der Waals surface area contributed by atoms with E-state index in [0.717, 1.165) is 16.6 Å². The van der Waals surface area contributed by atoms with Gasteiger partial charge in [0, 0.05) is 17.5 Å². The first-order valence-electron chi connectivity index (χ1n) is 6.76. The van der Waals surface area contributed by atoms with E-state index in [1.54, 1.807) is 17.4 Å². The first-order chi connectivity index (χ1) is 8.83. The average molecular weight is 261 g/mol. The smallest absolute Gasteiger partial charge is 0.141 e. The SMILES string of the molecule is Fc1cccc2c(C3CC3)c(CNC3CC3)sc12. The van der Waals surface area contributed by atoms with Crippen molar-refractivity contribution >= 4 is 21.4 Å². The number of nitrogens with one attached hydrogen (secondary N) is 1. The summed E-state index contributed by atoms with van der Waals surface area (Å²) in [6.45, 7) is 0.926. The quantitative estimate of drug-likeness (QED) is 0.871. The van der Waals surface area contributed by atoms with Crippen LogP contribution < -0.4 is 5.32 Å². The van der Waals surface area contributed by atoms with E-state index < -0.39 is 0 Å². The second-order valence-corrected chi connectivity index (χ2v) is 6.59. The van der Waals surface area contributed by atoms with Crippen LogP contribution in [0, 0.1) is 5.82 Å². The van der Waals surface area contributed by atoms with Crippen LogP contribution in [0.1, 0.15) is 42.0 Å². The molecule has 94 valence electrons. The summed E-state index contributed by atoms with van der Waals surface area (Å²) in [7, 11) is 0. The third kappa shape index (κ3) is 1.86. The molecule has 1 aromatic carbocycles. The van der Waals surface area contributed by atoms with Gasteiger partial charge in [-0.1, -0.05) is 12.1 Å². The van der Waals surface area contributed by atoms with Gasteiger partial charge in [0.1, 0.15) is 5.82 Å². The number of thiophene rings is 1. The summed E-state index contributed by atoms with van der Waals surface area (Å²) < 4.78 is 14.7. The van der Waals surface area contributed by atoms with Crippen molar-refractivity contribution in [3.05, 3.63) is 34.5 Å². The van der Waals surface area contributed by atoms with Gasteiger partial charge in [0.05, 0.1) is 4.70 Å². The Morgan fingerprint density at radius 2 is 2.06 bits per heavy atom. The molecule has 0 aliphatic heterocycles. The van der Waals surface area contributed by atoms with Crippen molar-refractivity contribution in [1.29, 1.82) is 0 Å². The Balaban J connectivity index is 1.78. The standard InChI is InChI=1S/C15H16FNS/c16-12-3-1-2-11-14(9-4-5-9)13(18-15(11)12)8-17-10-6-7-10/h1-3,9-10,17H,4-8H2. The molecule has 2 aliphatic carbocycles. The zero-order valence-electron chi connectivity index (χ0n) is 10.2. The molecule has 2 saturated carbocycles. The highest BCUT2D eigenvalue weighted by molar-refractivity contribution is 7.19. The van der Waals surface area contributed by atoms with Crippen molar-refractivity contribution < 1.29 is 4.39 Å². The van der Waals surface area contributed by atoms with Gasteiger partial charge in [-0.2, -0.15) is 0 Å². The maximum Gasteiger partial charge on any atom is 0.141 e. The average Bonchev–Trinajstić information content (AvgIpc) is 3.26. The van der Waals surface area contributed by atoms with Crippen LogP contribution in [0.4, 0.5) is 4.39 Å². The minimum atomic E-state index is -0.0583. The Kier molecular flexibility index (Phi) is 2.45. The van der Waals surface area contributed by atoms with Gasteiger partial charge in [-0.05, 0) is 48.6 Å². The Morgan fingerprint density at radius 1 is 1.22 bits per heavy atom. The van der Waals surface area contributed by atoms with E-state index in [1.807, 2.05) is 6.07 Å². The number of rotatable bonds is 4. The molecule has 4 rings (SSSR count). The van der Waals surface area contributed by atoms with Crippen LogP contribution in [0.25, 0.3) is 10.1 Å². The topological polar surface area (TPSA) is 12.0 Å². The van der Waals surface area contributed by atoms with Crippen LogP contribution in [-0.2, 0) is 6.54 Å². The maximum atomic E-state index is 13.9. The van der Waals surface area contributed by atoms with Gasteiger partial charge < -0.3 is 5.32 Å². The largest absolute Gasteiger partial charge is 0.309 e. The van der Waals surface area contributed by atoms with Crippen LogP contribution in [0.15, 0.2) is 18.2 Å². The number of hydrogen-bond donors (Lipinski definition) is 1. The lowest BCUT2D eigenvalue weighted by Gasteiger charge is -2.04. The fourth-order valence-corrected chi connectivity index (χ4v) is 3.87. The molecule has 3 heteroatoms. The first-order valence-corrected chi connectivity index (χ1v) is 7.58. The fraction of sp³-hybridized carbons (Fsp3) is 0.467. The van der Waals surface area contributed by atoms with E-state index in [1.165, 1.54) is 36.1 Å². The van der Waals surface area contributed by atoms with Crippen LogP contribution in [-0.4, -0.2) is 6.04 Å². The lowest BCUT2D eigenvalue weighted by molar-refractivity contribution is 0.641. The van der Waals surface area contributed by atoms with E-state index in [4.69, 9.17) is 0 Å². The molecule has 18 heavy (non-hydrogen) atoms. The van der Waals surface area contributed by atoms with Gasteiger partial charge in [-0.3, -0.25) is 0 Å². The van der Waals surface area contributed by atoms with Gasteiger partial charge in [0.25, 0.3) is 0 Å². The van der Waals surface area contributed by atoms with Gasteiger partial charge in [0.2, 0.25) is 0 Å². The van der Waals surface area contributed by atoms with Crippen LogP contribution >= 0.6 is 11.3 Å².